The minimum Gasteiger partial charge on any atom is -0.310 e. The molecule has 0 fully saturated rings. The van der Waals surface area contributed by atoms with E-state index in [-0.39, 0.29) is 10.8 Å². The molecule has 2 nitrogen and oxygen atoms in total. The summed E-state index contributed by atoms with van der Waals surface area (Å²) in [6, 6.07) is 90.5. The summed E-state index contributed by atoms with van der Waals surface area (Å²) in [7, 11) is 0. The van der Waals surface area contributed by atoms with Gasteiger partial charge in [0.15, 0.2) is 0 Å². The highest BCUT2D eigenvalue weighted by molar-refractivity contribution is 6.21. The Bertz CT molecular complexity index is 4110. The molecule has 72 heavy (non-hydrogen) atoms. The van der Waals surface area contributed by atoms with Crippen LogP contribution in [0.5, 0.6) is 0 Å². The Morgan fingerprint density at radius 2 is 0.708 bits per heavy atom. The third-order valence-electron chi connectivity index (χ3n) is 16.1. The van der Waals surface area contributed by atoms with Crippen LogP contribution in [0.15, 0.2) is 243 Å². The zero-order valence-electron chi connectivity index (χ0n) is 41.0. The van der Waals surface area contributed by atoms with Crippen molar-refractivity contribution in [1.29, 1.82) is 0 Å². The van der Waals surface area contributed by atoms with Gasteiger partial charge in [0, 0.05) is 22.2 Å². The van der Waals surface area contributed by atoms with E-state index in [4.69, 9.17) is 0 Å². The van der Waals surface area contributed by atoms with Crippen LogP contribution in [0.2, 0.25) is 0 Å². The zero-order chi connectivity index (χ0) is 48.3. The summed E-state index contributed by atoms with van der Waals surface area (Å²) < 4.78 is 0. The number of anilines is 6. The monoisotopic (exact) mass is 920 g/mol. The maximum Gasteiger partial charge on any atom is 0.0509 e. The molecule has 0 spiro atoms. The van der Waals surface area contributed by atoms with Gasteiger partial charge in [0.25, 0.3) is 0 Å². The number of benzene rings is 12. The molecule has 0 aromatic heterocycles. The molecular weight excluding hydrogens is 869 g/mol. The van der Waals surface area contributed by atoms with Crippen LogP contribution in [0, 0.1) is 0 Å². The van der Waals surface area contributed by atoms with Crippen molar-refractivity contribution in [3.63, 3.8) is 0 Å². The van der Waals surface area contributed by atoms with E-state index in [1.165, 1.54) is 121 Å². The SMILES string of the molecule is CC1(C)c2cc(-c3ccc4c(c3)C(C)(C)c3c(ccc5ccccc35)N4c3cccc(-c4c5ccccc5c(-c5ccccc5)c5ccccc45)c3)ccc2N(c2ccccc2)c2cc3ccccc3cc21. The van der Waals surface area contributed by atoms with E-state index in [9.17, 15) is 0 Å². The van der Waals surface area contributed by atoms with Crippen LogP contribution in [-0.4, -0.2) is 0 Å². The Morgan fingerprint density at radius 1 is 0.264 bits per heavy atom. The highest BCUT2D eigenvalue weighted by Gasteiger charge is 2.40. The lowest BCUT2D eigenvalue weighted by Crippen LogP contribution is -2.31. The molecular formula is C70H52N2. The maximum absolute atomic E-state index is 2.54. The van der Waals surface area contributed by atoms with Crippen molar-refractivity contribution in [2.45, 2.75) is 38.5 Å². The number of hydrogen-bond acceptors (Lipinski definition) is 2. The van der Waals surface area contributed by atoms with Crippen molar-refractivity contribution in [2.75, 3.05) is 9.80 Å². The van der Waals surface area contributed by atoms with E-state index < -0.39 is 0 Å². The largest absolute Gasteiger partial charge is 0.310 e. The van der Waals surface area contributed by atoms with Gasteiger partial charge in [0.1, 0.15) is 0 Å². The topological polar surface area (TPSA) is 6.48 Å². The van der Waals surface area contributed by atoms with Gasteiger partial charge in [-0.1, -0.05) is 204 Å². The summed E-state index contributed by atoms with van der Waals surface area (Å²) in [5, 5.41) is 10.1. The minimum atomic E-state index is -0.326. The second-order valence-electron chi connectivity index (χ2n) is 20.9. The van der Waals surface area contributed by atoms with E-state index >= 15 is 0 Å². The molecule has 2 aliphatic heterocycles. The van der Waals surface area contributed by atoms with Crippen molar-refractivity contribution < 1.29 is 0 Å². The molecule has 0 saturated carbocycles. The van der Waals surface area contributed by atoms with Crippen LogP contribution >= 0.6 is 0 Å². The van der Waals surface area contributed by atoms with Gasteiger partial charge in [-0.2, -0.15) is 0 Å². The predicted octanol–water partition coefficient (Wildman–Crippen LogP) is 19.5. The fraction of sp³-hybridized carbons (Fsp3) is 0.0857. The van der Waals surface area contributed by atoms with Crippen molar-refractivity contribution in [1.82, 2.24) is 0 Å². The molecule has 0 bridgehead atoms. The molecule has 0 unspecified atom stereocenters. The molecule has 0 N–H and O–H groups in total. The Kier molecular flexibility index (Phi) is 9.32. The smallest absolute Gasteiger partial charge is 0.0509 e. The minimum absolute atomic E-state index is 0.262. The highest BCUT2D eigenvalue weighted by Crippen LogP contribution is 2.57. The van der Waals surface area contributed by atoms with Crippen LogP contribution in [0.4, 0.5) is 34.1 Å². The van der Waals surface area contributed by atoms with Gasteiger partial charge < -0.3 is 9.80 Å². The van der Waals surface area contributed by atoms with Crippen LogP contribution in [0.3, 0.4) is 0 Å². The van der Waals surface area contributed by atoms with Gasteiger partial charge in [-0.25, -0.2) is 0 Å². The lowest BCUT2D eigenvalue weighted by Gasteiger charge is -2.43. The molecule has 342 valence electrons. The van der Waals surface area contributed by atoms with E-state index in [2.05, 4.69) is 280 Å². The predicted molar refractivity (Wildman–Crippen MR) is 306 cm³/mol. The quantitative estimate of drug-likeness (QED) is 0.159. The highest BCUT2D eigenvalue weighted by atomic mass is 15.2. The van der Waals surface area contributed by atoms with Crippen LogP contribution in [0.1, 0.15) is 49.9 Å². The summed E-state index contributed by atoms with van der Waals surface area (Å²) in [5.41, 5.74) is 19.3. The summed E-state index contributed by atoms with van der Waals surface area (Å²) in [5.74, 6) is 0. The first kappa shape index (κ1) is 42.2. The Morgan fingerprint density at radius 3 is 1.33 bits per heavy atom. The molecule has 2 aliphatic rings. The van der Waals surface area contributed by atoms with E-state index in [0.29, 0.717) is 0 Å². The molecule has 0 amide bonds. The lowest BCUT2D eigenvalue weighted by atomic mass is 9.70. The van der Waals surface area contributed by atoms with Crippen LogP contribution in [-0.2, 0) is 10.8 Å². The second-order valence-corrected chi connectivity index (χ2v) is 20.9. The van der Waals surface area contributed by atoms with Gasteiger partial charge in [0.2, 0.25) is 0 Å². The van der Waals surface area contributed by atoms with Gasteiger partial charge in [0.05, 0.1) is 22.7 Å². The molecule has 12 aromatic carbocycles. The average Bonchev–Trinajstić information content (AvgIpc) is 3.42. The van der Waals surface area contributed by atoms with Crippen molar-refractivity contribution in [3.05, 3.63) is 265 Å². The number of fused-ring (bicyclic) bond motifs is 9. The second kappa shape index (κ2) is 15.9. The zero-order valence-corrected chi connectivity index (χ0v) is 41.0. The molecule has 2 heterocycles. The maximum atomic E-state index is 2.54. The standard InChI is InChI=1S/C70H52N2/c1-69(2)59-42-49(35-37-62(59)71(52-26-9-6-10-27-52)65-44-48-24-12-11-23-47(48)41-61(65)69)50-36-38-63-60(43-50)70(3,4)68-54-29-14-13-20-45(54)34-39-64(68)72(63)53-28-19-25-51(40-53)67-57-32-17-15-30-55(57)66(46-21-7-5-8-22-46)56-31-16-18-33-58(56)67/h5-44H,1-4H3. The van der Waals surface area contributed by atoms with Crippen LogP contribution < -0.4 is 9.80 Å². The van der Waals surface area contributed by atoms with Crippen molar-refractivity contribution >= 4 is 77.2 Å². The molecule has 2 heteroatoms. The van der Waals surface area contributed by atoms with E-state index in [0.717, 1.165) is 11.4 Å². The first-order chi connectivity index (χ1) is 35.2. The van der Waals surface area contributed by atoms with Crippen LogP contribution in [0.25, 0.3) is 76.5 Å². The molecule has 14 rings (SSSR count). The molecule has 0 radical (unpaired) electrons. The lowest BCUT2D eigenvalue weighted by molar-refractivity contribution is 0.633. The molecule has 0 saturated heterocycles. The van der Waals surface area contributed by atoms with Gasteiger partial charge >= 0.3 is 0 Å². The van der Waals surface area contributed by atoms with Gasteiger partial charge in [-0.05, 0) is 165 Å². The summed E-state index contributed by atoms with van der Waals surface area (Å²) in [4.78, 5) is 5.01. The Hall–Kier alpha value is -8.72. The van der Waals surface area contributed by atoms with Crippen molar-refractivity contribution in [2.24, 2.45) is 0 Å². The summed E-state index contributed by atoms with van der Waals surface area (Å²) in [6.45, 7) is 9.66. The normalized spacial score (nSPS) is 14.3. The number of para-hydroxylation sites is 1. The molecule has 12 aromatic rings. The third kappa shape index (κ3) is 6.28. The van der Waals surface area contributed by atoms with E-state index in [1.54, 1.807) is 0 Å². The van der Waals surface area contributed by atoms with Gasteiger partial charge in [-0.15, -0.1) is 0 Å². The number of rotatable bonds is 5. The fourth-order valence-corrected chi connectivity index (χ4v) is 12.7. The first-order valence-electron chi connectivity index (χ1n) is 25.3. The molecule has 0 aliphatic carbocycles. The Labute approximate surface area is 421 Å². The fourth-order valence-electron chi connectivity index (χ4n) is 12.7. The third-order valence-corrected chi connectivity index (χ3v) is 16.1. The molecule has 0 atom stereocenters. The Balaban J connectivity index is 0.955. The number of hydrogen-bond donors (Lipinski definition) is 0. The number of nitrogens with zero attached hydrogens (tertiary/aromatic N) is 2. The van der Waals surface area contributed by atoms with Gasteiger partial charge in [-0.3, -0.25) is 0 Å². The average molecular weight is 921 g/mol. The van der Waals surface area contributed by atoms with Crippen molar-refractivity contribution in [3.8, 4) is 33.4 Å². The first-order valence-corrected chi connectivity index (χ1v) is 25.3. The summed E-state index contributed by atoms with van der Waals surface area (Å²) >= 11 is 0. The summed E-state index contributed by atoms with van der Waals surface area (Å²) in [6.07, 6.45) is 0. The van der Waals surface area contributed by atoms with E-state index in [1.807, 2.05) is 0 Å².